The Hall–Kier alpha value is -1.49. The Kier molecular flexibility index (Phi) is 3.24. The number of benzene rings is 1. The molecule has 2 aromatic rings. The molecule has 2 N–H and O–H groups in total. The summed E-state index contributed by atoms with van der Waals surface area (Å²) in [5.74, 6) is 1.08. The quantitative estimate of drug-likeness (QED) is 0.874. The number of hydrogen-bond acceptors (Lipinski definition) is 1. The zero-order valence-corrected chi connectivity index (χ0v) is 11.2. The van der Waals surface area contributed by atoms with Crippen LogP contribution in [0.15, 0.2) is 24.4 Å². The summed E-state index contributed by atoms with van der Waals surface area (Å²) in [6, 6.07) is 3.95. The Morgan fingerprint density at radius 3 is 2.85 bits per heavy atom. The smallest absolute Gasteiger partial charge is 0.361 e. The number of fused-ring (bicyclic) bond motifs is 1. The van der Waals surface area contributed by atoms with Gasteiger partial charge in [0.15, 0.2) is 0 Å². The van der Waals surface area contributed by atoms with Gasteiger partial charge in [-0.25, -0.2) is 0 Å². The van der Waals surface area contributed by atoms with Gasteiger partial charge in [0.2, 0.25) is 0 Å². The molecule has 1 aliphatic carbocycles. The van der Waals surface area contributed by atoms with E-state index in [4.69, 9.17) is 0 Å². The zero-order valence-electron chi connectivity index (χ0n) is 11.2. The third-order valence-electron chi connectivity index (χ3n) is 4.02. The highest BCUT2D eigenvalue weighted by Crippen LogP contribution is 2.49. The summed E-state index contributed by atoms with van der Waals surface area (Å²) in [6.45, 7) is 4.00. The van der Waals surface area contributed by atoms with Crippen LogP contribution in [0.4, 0.5) is 13.2 Å². The SMILES string of the molecule is CCNC[C@H]1C[C@@H]1c1c[nH]c2cc(C(F)(F)F)ccc12. The van der Waals surface area contributed by atoms with E-state index in [-0.39, 0.29) is 0 Å². The van der Waals surface area contributed by atoms with E-state index < -0.39 is 11.7 Å². The largest absolute Gasteiger partial charge is 0.416 e. The molecule has 1 heterocycles. The van der Waals surface area contributed by atoms with Gasteiger partial charge in [0.1, 0.15) is 0 Å². The first-order valence-electron chi connectivity index (χ1n) is 6.89. The number of halogens is 3. The minimum atomic E-state index is -4.29. The van der Waals surface area contributed by atoms with Gasteiger partial charge >= 0.3 is 6.18 Å². The van der Waals surface area contributed by atoms with Crippen molar-refractivity contribution in [1.29, 1.82) is 0 Å². The average Bonchev–Trinajstić information content (AvgIpc) is 3.04. The lowest BCUT2D eigenvalue weighted by Crippen LogP contribution is -2.16. The second kappa shape index (κ2) is 4.81. The summed E-state index contributed by atoms with van der Waals surface area (Å²) in [5.41, 5.74) is 1.12. The van der Waals surface area contributed by atoms with Gasteiger partial charge in [0, 0.05) is 17.1 Å². The fourth-order valence-electron chi connectivity index (χ4n) is 2.82. The molecule has 108 valence electrons. The maximum absolute atomic E-state index is 12.7. The van der Waals surface area contributed by atoms with E-state index in [2.05, 4.69) is 17.2 Å². The van der Waals surface area contributed by atoms with Crippen LogP contribution in [0.25, 0.3) is 10.9 Å². The molecule has 0 aliphatic heterocycles. The highest BCUT2D eigenvalue weighted by molar-refractivity contribution is 5.85. The molecule has 1 aliphatic rings. The maximum atomic E-state index is 12.7. The van der Waals surface area contributed by atoms with E-state index in [9.17, 15) is 13.2 Å². The van der Waals surface area contributed by atoms with E-state index >= 15 is 0 Å². The molecule has 2 nitrogen and oxygen atoms in total. The number of hydrogen-bond donors (Lipinski definition) is 2. The number of alkyl halides is 3. The van der Waals surface area contributed by atoms with Gasteiger partial charge in [-0.2, -0.15) is 13.2 Å². The van der Waals surface area contributed by atoms with Crippen LogP contribution in [0.5, 0.6) is 0 Å². The molecular weight excluding hydrogens is 265 g/mol. The van der Waals surface area contributed by atoms with Gasteiger partial charge in [-0.3, -0.25) is 0 Å². The molecule has 1 saturated carbocycles. The van der Waals surface area contributed by atoms with Crippen LogP contribution in [0.1, 0.15) is 30.4 Å². The molecule has 0 amide bonds. The van der Waals surface area contributed by atoms with Gasteiger partial charge < -0.3 is 10.3 Å². The summed E-state index contributed by atoms with van der Waals surface area (Å²) in [7, 11) is 0. The Labute approximate surface area is 115 Å². The summed E-state index contributed by atoms with van der Waals surface area (Å²) in [4.78, 5) is 2.98. The van der Waals surface area contributed by atoms with E-state index in [0.29, 0.717) is 17.4 Å². The van der Waals surface area contributed by atoms with Crippen LogP contribution in [0, 0.1) is 5.92 Å². The van der Waals surface area contributed by atoms with Gasteiger partial charge in [0.25, 0.3) is 0 Å². The number of rotatable bonds is 4. The number of aromatic amines is 1. The van der Waals surface area contributed by atoms with Crippen LogP contribution in [-0.4, -0.2) is 18.1 Å². The first-order valence-corrected chi connectivity index (χ1v) is 6.89. The fourth-order valence-corrected chi connectivity index (χ4v) is 2.82. The predicted octanol–water partition coefficient (Wildman–Crippen LogP) is 3.90. The molecule has 1 aromatic carbocycles. The second-order valence-electron chi connectivity index (χ2n) is 5.41. The standard InChI is InChI=1S/C15H17F3N2/c1-2-19-7-9-5-12(9)13-8-20-14-6-10(15(16,17)18)3-4-11(13)14/h3-4,6,8-9,12,19-20H,2,5,7H2,1H3/t9-,12+/m1/s1. The van der Waals surface area contributed by atoms with E-state index in [1.165, 1.54) is 12.1 Å². The van der Waals surface area contributed by atoms with Crippen LogP contribution < -0.4 is 5.32 Å². The topological polar surface area (TPSA) is 27.8 Å². The zero-order chi connectivity index (χ0) is 14.3. The molecule has 5 heteroatoms. The van der Waals surface area contributed by atoms with Crippen molar-refractivity contribution in [2.45, 2.75) is 25.4 Å². The Balaban J connectivity index is 1.85. The van der Waals surface area contributed by atoms with Crippen LogP contribution >= 0.6 is 0 Å². The molecule has 0 radical (unpaired) electrons. The number of aromatic nitrogens is 1. The van der Waals surface area contributed by atoms with Gasteiger partial charge in [-0.15, -0.1) is 0 Å². The van der Waals surface area contributed by atoms with Crippen molar-refractivity contribution in [3.8, 4) is 0 Å². The van der Waals surface area contributed by atoms with Gasteiger partial charge in [-0.05, 0) is 49.0 Å². The molecule has 1 aromatic heterocycles. The minimum Gasteiger partial charge on any atom is -0.361 e. The highest BCUT2D eigenvalue weighted by atomic mass is 19.4. The van der Waals surface area contributed by atoms with E-state index in [0.717, 1.165) is 30.5 Å². The third kappa shape index (κ3) is 2.42. The first-order chi connectivity index (χ1) is 9.50. The normalized spacial score (nSPS) is 22.4. The van der Waals surface area contributed by atoms with Crippen molar-refractivity contribution in [2.75, 3.05) is 13.1 Å². The second-order valence-corrected chi connectivity index (χ2v) is 5.41. The van der Waals surface area contributed by atoms with Gasteiger partial charge in [0.05, 0.1) is 5.56 Å². The van der Waals surface area contributed by atoms with Crippen molar-refractivity contribution < 1.29 is 13.2 Å². The fraction of sp³-hybridized carbons (Fsp3) is 0.467. The molecule has 3 rings (SSSR count). The molecule has 2 atom stereocenters. The lowest BCUT2D eigenvalue weighted by Gasteiger charge is -2.06. The lowest BCUT2D eigenvalue weighted by atomic mass is 10.1. The summed E-state index contributed by atoms with van der Waals surface area (Å²) in [5, 5.41) is 4.24. The molecule has 0 spiro atoms. The van der Waals surface area contributed by atoms with Crippen LogP contribution in [0.2, 0.25) is 0 Å². The van der Waals surface area contributed by atoms with E-state index in [1.54, 1.807) is 6.07 Å². The van der Waals surface area contributed by atoms with Gasteiger partial charge in [-0.1, -0.05) is 13.0 Å². The molecule has 20 heavy (non-hydrogen) atoms. The Bertz CT molecular complexity index is 615. The highest BCUT2D eigenvalue weighted by Gasteiger charge is 2.39. The Morgan fingerprint density at radius 1 is 1.35 bits per heavy atom. The maximum Gasteiger partial charge on any atom is 0.416 e. The summed E-state index contributed by atoms with van der Waals surface area (Å²) < 4.78 is 38.0. The Morgan fingerprint density at radius 2 is 2.15 bits per heavy atom. The summed E-state index contributed by atoms with van der Waals surface area (Å²) >= 11 is 0. The number of H-pyrrole nitrogens is 1. The predicted molar refractivity (Wildman–Crippen MR) is 72.7 cm³/mol. The number of nitrogens with one attached hydrogen (secondary N) is 2. The third-order valence-corrected chi connectivity index (χ3v) is 4.02. The summed E-state index contributed by atoms with van der Waals surface area (Å²) in [6.07, 6.45) is -1.31. The minimum absolute atomic E-state index is 0.472. The average molecular weight is 282 g/mol. The van der Waals surface area contributed by atoms with Crippen molar-refractivity contribution in [3.63, 3.8) is 0 Å². The van der Waals surface area contributed by atoms with Crippen molar-refractivity contribution in [3.05, 3.63) is 35.5 Å². The van der Waals surface area contributed by atoms with Crippen molar-refractivity contribution >= 4 is 10.9 Å². The monoisotopic (exact) mass is 282 g/mol. The molecule has 0 bridgehead atoms. The molecular formula is C15H17F3N2. The molecule has 0 saturated heterocycles. The van der Waals surface area contributed by atoms with Crippen LogP contribution in [-0.2, 0) is 6.18 Å². The molecule has 1 fully saturated rings. The first kappa shape index (κ1) is 13.5. The van der Waals surface area contributed by atoms with E-state index in [1.807, 2.05) is 6.20 Å². The van der Waals surface area contributed by atoms with Crippen LogP contribution in [0.3, 0.4) is 0 Å². The van der Waals surface area contributed by atoms with Crippen molar-refractivity contribution in [1.82, 2.24) is 10.3 Å². The lowest BCUT2D eigenvalue weighted by molar-refractivity contribution is -0.137. The van der Waals surface area contributed by atoms with Crippen molar-refractivity contribution in [2.24, 2.45) is 5.92 Å². The molecule has 0 unspecified atom stereocenters.